The maximum atomic E-state index is 12.0. The van der Waals surface area contributed by atoms with Crippen LogP contribution in [0.4, 0.5) is 24.7 Å². The van der Waals surface area contributed by atoms with Gasteiger partial charge >= 0.3 is 6.18 Å². The fourth-order valence-corrected chi connectivity index (χ4v) is 1.25. The van der Waals surface area contributed by atoms with E-state index >= 15 is 0 Å². The first-order chi connectivity index (χ1) is 8.57. The van der Waals surface area contributed by atoms with Crippen LogP contribution in [0.25, 0.3) is 0 Å². The minimum atomic E-state index is -4.19. The number of nitrogen functional groups attached to an aromatic ring is 1. The molecule has 4 nitrogen and oxygen atoms in total. The summed E-state index contributed by atoms with van der Waals surface area (Å²) in [7, 11) is 0. The molecule has 0 unspecified atom stereocenters. The molecule has 1 heterocycles. The highest BCUT2D eigenvalue weighted by Gasteiger charge is 2.26. The van der Waals surface area contributed by atoms with E-state index in [0.29, 0.717) is 11.5 Å². The van der Waals surface area contributed by atoms with Gasteiger partial charge in [0.15, 0.2) is 0 Å². The molecule has 0 spiro atoms. The average molecular weight is 277 g/mol. The van der Waals surface area contributed by atoms with Crippen molar-refractivity contribution in [3.05, 3.63) is 12.1 Å². The van der Waals surface area contributed by atoms with Crippen molar-refractivity contribution in [3.63, 3.8) is 0 Å². The number of rotatable bonds is 4. The molecule has 0 aliphatic carbocycles. The van der Waals surface area contributed by atoms with Crippen LogP contribution in [-0.4, -0.2) is 23.3 Å². The highest BCUT2D eigenvalue weighted by atomic mass is 19.4. The molecule has 0 saturated heterocycles. The number of nitrogens with zero attached hydrogens (tertiary/aromatic N) is 1. The van der Waals surface area contributed by atoms with Crippen molar-refractivity contribution >= 4 is 11.5 Å². The Kier molecular flexibility index (Phi) is 4.49. The molecule has 0 aliphatic rings. The van der Waals surface area contributed by atoms with Gasteiger partial charge in [-0.15, -0.1) is 0 Å². The third kappa shape index (κ3) is 6.17. The molecule has 0 saturated carbocycles. The summed E-state index contributed by atoms with van der Waals surface area (Å²) in [6.07, 6.45) is -5.11. The number of ether oxygens (including phenoxy) is 1. The van der Waals surface area contributed by atoms with E-state index < -0.39 is 18.2 Å². The van der Waals surface area contributed by atoms with Crippen LogP contribution in [0.1, 0.15) is 27.2 Å². The van der Waals surface area contributed by atoms with Gasteiger partial charge in [0.05, 0.1) is 12.1 Å². The standard InChI is InChI=1S/C12H18F3N3O/c1-11(2,3)19-10-8(16)4-5-9(18-10)17-7-6-12(13,14)15/h4-5H,6-7,16H2,1-3H3,(H,17,18). The minimum absolute atomic E-state index is 0.213. The maximum absolute atomic E-state index is 12.0. The van der Waals surface area contributed by atoms with Crippen LogP contribution < -0.4 is 15.8 Å². The first kappa shape index (κ1) is 15.4. The van der Waals surface area contributed by atoms with E-state index in [4.69, 9.17) is 10.5 Å². The van der Waals surface area contributed by atoms with Gasteiger partial charge in [0, 0.05) is 6.54 Å². The molecule has 0 fully saturated rings. The number of hydrogen-bond donors (Lipinski definition) is 2. The van der Waals surface area contributed by atoms with Gasteiger partial charge in [0.1, 0.15) is 11.4 Å². The molecule has 0 bridgehead atoms. The lowest BCUT2D eigenvalue weighted by atomic mass is 10.2. The lowest BCUT2D eigenvalue weighted by Gasteiger charge is -2.21. The number of alkyl halides is 3. The van der Waals surface area contributed by atoms with Crippen LogP contribution in [0.15, 0.2) is 12.1 Å². The molecule has 7 heteroatoms. The summed E-state index contributed by atoms with van der Waals surface area (Å²) in [5.74, 6) is 0.516. The summed E-state index contributed by atoms with van der Waals surface area (Å²) in [5.41, 5.74) is 5.56. The van der Waals surface area contributed by atoms with Crippen LogP contribution >= 0.6 is 0 Å². The monoisotopic (exact) mass is 277 g/mol. The number of nitrogens with one attached hydrogen (secondary N) is 1. The van der Waals surface area contributed by atoms with E-state index in [1.165, 1.54) is 6.07 Å². The van der Waals surface area contributed by atoms with Gasteiger partial charge in [-0.05, 0) is 32.9 Å². The Balaban J connectivity index is 2.68. The predicted molar refractivity (Wildman–Crippen MR) is 68.2 cm³/mol. The van der Waals surface area contributed by atoms with Crippen LogP contribution in [0.5, 0.6) is 5.88 Å². The second-order valence-corrected chi connectivity index (χ2v) is 5.10. The second kappa shape index (κ2) is 5.54. The van der Waals surface area contributed by atoms with Crippen LogP contribution in [-0.2, 0) is 0 Å². The fourth-order valence-electron chi connectivity index (χ4n) is 1.25. The Morgan fingerprint density at radius 1 is 1.26 bits per heavy atom. The molecule has 1 aromatic heterocycles. The van der Waals surface area contributed by atoms with Gasteiger partial charge in [-0.2, -0.15) is 18.2 Å². The molecule has 0 amide bonds. The predicted octanol–water partition coefficient (Wildman–Crippen LogP) is 3.21. The van der Waals surface area contributed by atoms with Crippen molar-refractivity contribution < 1.29 is 17.9 Å². The molecule has 0 radical (unpaired) electrons. The zero-order valence-electron chi connectivity index (χ0n) is 11.1. The Bertz CT molecular complexity index is 427. The number of nitrogens with two attached hydrogens (primary N) is 1. The SMILES string of the molecule is CC(C)(C)Oc1nc(NCCC(F)(F)F)ccc1N. The number of pyridine rings is 1. The summed E-state index contributed by atoms with van der Waals surface area (Å²) >= 11 is 0. The van der Waals surface area contributed by atoms with Crippen molar-refractivity contribution in [2.75, 3.05) is 17.6 Å². The van der Waals surface area contributed by atoms with Gasteiger partial charge in [-0.3, -0.25) is 0 Å². The largest absolute Gasteiger partial charge is 0.470 e. The fraction of sp³-hybridized carbons (Fsp3) is 0.583. The van der Waals surface area contributed by atoms with E-state index in [-0.39, 0.29) is 12.4 Å². The first-order valence-electron chi connectivity index (χ1n) is 5.83. The first-order valence-corrected chi connectivity index (χ1v) is 5.83. The number of hydrogen-bond acceptors (Lipinski definition) is 4. The summed E-state index contributed by atoms with van der Waals surface area (Å²) in [4.78, 5) is 4.05. The molecule has 1 aromatic rings. The topological polar surface area (TPSA) is 60.2 Å². The van der Waals surface area contributed by atoms with Gasteiger partial charge in [-0.25, -0.2) is 0 Å². The Hall–Kier alpha value is -1.66. The molecule has 3 N–H and O–H groups in total. The normalized spacial score (nSPS) is 12.3. The Morgan fingerprint density at radius 3 is 2.42 bits per heavy atom. The smallest absolute Gasteiger partial charge is 0.390 e. The highest BCUT2D eigenvalue weighted by Crippen LogP contribution is 2.25. The lowest BCUT2D eigenvalue weighted by Crippen LogP contribution is -2.24. The summed E-state index contributed by atoms with van der Waals surface area (Å²) in [6.45, 7) is 5.25. The number of halogens is 3. The van der Waals surface area contributed by atoms with E-state index in [0.717, 1.165) is 0 Å². The van der Waals surface area contributed by atoms with Crippen LogP contribution in [0.3, 0.4) is 0 Å². The van der Waals surface area contributed by atoms with Crippen molar-refractivity contribution in [1.82, 2.24) is 4.98 Å². The van der Waals surface area contributed by atoms with Crippen molar-refractivity contribution in [3.8, 4) is 5.88 Å². The summed E-state index contributed by atoms with van der Waals surface area (Å²) < 4.78 is 41.6. The molecule has 1 rings (SSSR count). The van der Waals surface area contributed by atoms with Gasteiger partial charge < -0.3 is 15.8 Å². The summed E-state index contributed by atoms with van der Waals surface area (Å²) in [5, 5.41) is 2.59. The minimum Gasteiger partial charge on any atom is -0.470 e. The number of anilines is 2. The highest BCUT2D eigenvalue weighted by molar-refractivity contribution is 5.53. The number of aromatic nitrogens is 1. The third-order valence-corrected chi connectivity index (χ3v) is 2.01. The molecular formula is C12H18F3N3O. The Morgan fingerprint density at radius 2 is 1.89 bits per heavy atom. The zero-order chi connectivity index (χ0) is 14.7. The quantitative estimate of drug-likeness (QED) is 0.887. The zero-order valence-corrected chi connectivity index (χ0v) is 11.1. The van der Waals surface area contributed by atoms with Crippen molar-refractivity contribution in [2.45, 2.75) is 39.0 Å². The second-order valence-electron chi connectivity index (χ2n) is 5.10. The average Bonchev–Trinajstić information content (AvgIpc) is 2.19. The van der Waals surface area contributed by atoms with Crippen LogP contribution in [0, 0.1) is 0 Å². The molecule has 108 valence electrons. The van der Waals surface area contributed by atoms with E-state index in [1.54, 1.807) is 6.07 Å². The third-order valence-electron chi connectivity index (χ3n) is 2.01. The molecule has 0 aliphatic heterocycles. The molecule has 0 atom stereocenters. The molecule has 0 aromatic carbocycles. The van der Waals surface area contributed by atoms with E-state index in [9.17, 15) is 13.2 Å². The van der Waals surface area contributed by atoms with E-state index in [1.807, 2.05) is 20.8 Å². The lowest BCUT2D eigenvalue weighted by molar-refractivity contribution is -0.131. The summed E-state index contributed by atoms with van der Waals surface area (Å²) in [6, 6.07) is 3.06. The van der Waals surface area contributed by atoms with Crippen molar-refractivity contribution in [2.24, 2.45) is 0 Å². The van der Waals surface area contributed by atoms with Crippen LogP contribution in [0.2, 0.25) is 0 Å². The maximum Gasteiger partial charge on any atom is 0.390 e. The molecular weight excluding hydrogens is 259 g/mol. The molecule has 19 heavy (non-hydrogen) atoms. The van der Waals surface area contributed by atoms with Gasteiger partial charge in [0.2, 0.25) is 5.88 Å². The van der Waals surface area contributed by atoms with Gasteiger partial charge in [0.25, 0.3) is 0 Å². The van der Waals surface area contributed by atoms with Gasteiger partial charge in [-0.1, -0.05) is 0 Å². The Labute approximate surface area is 110 Å². The van der Waals surface area contributed by atoms with Crippen molar-refractivity contribution in [1.29, 1.82) is 0 Å². The van der Waals surface area contributed by atoms with E-state index in [2.05, 4.69) is 10.3 Å².